The van der Waals surface area contributed by atoms with Crippen LogP contribution in [0.2, 0.25) is 0 Å². The molecular weight excluding hydrogens is 419 g/mol. The maximum atomic E-state index is 13.6. The van der Waals surface area contributed by atoms with Crippen LogP contribution < -0.4 is 0 Å². The molecule has 1 amide bonds. The van der Waals surface area contributed by atoms with Crippen molar-refractivity contribution in [1.29, 1.82) is 0 Å². The maximum absolute atomic E-state index is 13.6. The number of hydrogen-bond donors (Lipinski definition) is 0. The van der Waals surface area contributed by atoms with Crippen molar-refractivity contribution in [3.8, 4) is 0 Å². The van der Waals surface area contributed by atoms with Crippen molar-refractivity contribution in [3.63, 3.8) is 0 Å². The van der Waals surface area contributed by atoms with Crippen LogP contribution in [0.5, 0.6) is 0 Å². The van der Waals surface area contributed by atoms with Gasteiger partial charge in [-0.15, -0.1) is 0 Å². The number of amides is 1. The van der Waals surface area contributed by atoms with Gasteiger partial charge in [-0.3, -0.25) is 9.48 Å². The van der Waals surface area contributed by atoms with E-state index in [-0.39, 0.29) is 22.7 Å². The number of hydrogen-bond acceptors (Lipinski definition) is 4. The summed E-state index contributed by atoms with van der Waals surface area (Å²) in [5, 5.41) is 4.11. The van der Waals surface area contributed by atoms with E-state index in [9.17, 15) is 17.6 Å². The van der Waals surface area contributed by atoms with Crippen molar-refractivity contribution in [1.82, 2.24) is 19.0 Å². The van der Waals surface area contributed by atoms with Gasteiger partial charge in [0.1, 0.15) is 10.7 Å². The molecule has 0 saturated carbocycles. The van der Waals surface area contributed by atoms with E-state index in [0.717, 1.165) is 18.4 Å². The Hall–Kier alpha value is -2.26. The van der Waals surface area contributed by atoms with Crippen LogP contribution >= 0.6 is 0 Å². The summed E-state index contributed by atoms with van der Waals surface area (Å²) < 4.78 is 43.7. The Bertz CT molecular complexity index is 1080. The van der Waals surface area contributed by atoms with Crippen molar-refractivity contribution in [3.05, 3.63) is 47.5 Å². The van der Waals surface area contributed by atoms with E-state index in [2.05, 4.69) is 5.10 Å². The van der Waals surface area contributed by atoms with Gasteiger partial charge in [0.2, 0.25) is 15.9 Å². The standard InChI is InChI=1S/C22H29FN4O3S/c1-16-19(14-24-25(16)3)31(29,30)27-13-12-22(2)20(27)6-4-5-7-21(28)26(22)15-17-8-10-18(23)11-9-17/h8-11,14,20H,4-7,12-13,15H2,1-3H3/t20-,22-/m1/s1. The second-order valence-corrected chi connectivity index (χ2v) is 10.7. The summed E-state index contributed by atoms with van der Waals surface area (Å²) in [5.74, 6) is -0.301. The first-order valence-corrected chi connectivity index (χ1v) is 12.1. The minimum Gasteiger partial charge on any atom is -0.331 e. The molecule has 0 radical (unpaired) electrons. The molecule has 4 rings (SSSR count). The van der Waals surface area contributed by atoms with Crippen LogP contribution in [0, 0.1) is 12.7 Å². The molecular formula is C22H29FN4O3S. The molecule has 0 N–H and O–H groups in total. The fourth-order valence-corrected chi connectivity index (χ4v) is 6.90. The van der Waals surface area contributed by atoms with Gasteiger partial charge in [0.15, 0.2) is 0 Å². The third kappa shape index (κ3) is 3.78. The van der Waals surface area contributed by atoms with Gasteiger partial charge >= 0.3 is 0 Å². The smallest absolute Gasteiger partial charge is 0.246 e. The number of sulfonamides is 1. The number of benzene rings is 1. The number of likely N-dealkylation sites (tertiary alicyclic amines) is 1. The number of aromatic nitrogens is 2. The summed E-state index contributed by atoms with van der Waals surface area (Å²) in [4.78, 5) is 15.2. The molecule has 2 aromatic rings. The quantitative estimate of drug-likeness (QED) is 0.721. The number of carbonyl (C=O) groups is 1. The van der Waals surface area contributed by atoms with E-state index < -0.39 is 15.6 Å². The third-order valence-electron chi connectivity index (χ3n) is 6.97. The lowest BCUT2D eigenvalue weighted by molar-refractivity contribution is -0.140. The Morgan fingerprint density at radius 2 is 1.94 bits per heavy atom. The minimum absolute atomic E-state index is 0.0216. The summed E-state index contributed by atoms with van der Waals surface area (Å²) in [6.07, 6.45) is 4.63. The van der Waals surface area contributed by atoms with E-state index >= 15 is 0 Å². The van der Waals surface area contributed by atoms with Gasteiger partial charge in [0, 0.05) is 32.6 Å². The number of aryl methyl sites for hydroxylation is 1. The average molecular weight is 449 g/mol. The number of fused-ring (bicyclic) bond motifs is 1. The van der Waals surface area contributed by atoms with E-state index in [1.54, 1.807) is 35.1 Å². The van der Waals surface area contributed by atoms with Gasteiger partial charge in [-0.25, -0.2) is 12.8 Å². The van der Waals surface area contributed by atoms with Crippen molar-refractivity contribution in [2.24, 2.45) is 7.05 Å². The lowest BCUT2D eigenvalue weighted by atomic mass is 9.84. The van der Waals surface area contributed by atoms with Crippen LogP contribution in [0.3, 0.4) is 0 Å². The predicted octanol–water partition coefficient (Wildman–Crippen LogP) is 2.99. The maximum Gasteiger partial charge on any atom is 0.246 e. The molecule has 31 heavy (non-hydrogen) atoms. The molecule has 1 aromatic heterocycles. The first-order valence-electron chi connectivity index (χ1n) is 10.7. The third-order valence-corrected chi connectivity index (χ3v) is 8.98. The average Bonchev–Trinajstić information content (AvgIpc) is 3.24. The number of halogens is 1. The molecule has 2 aliphatic heterocycles. The second-order valence-electron chi connectivity index (χ2n) is 8.81. The van der Waals surface area contributed by atoms with Gasteiger partial charge in [-0.2, -0.15) is 9.40 Å². The first kappa shape index (κ1) is 22.0. The highest BCUT2D eigenvalue weighted by Crippen LogP contribution is 2.42. The number of rotatable bonds is 4. The fourth-order valence-electron chi connectivity index (χ4n) is 4.96. The van der Waals surface area contributed by atoms with Crippen molar-refractivity contribution in [2.45, 2.75) is 69.0 Å². The van der Waals surface area contributed by atoms with Crippen LogP contribution in [-0.2, 0) is 28.4 Å². The summed E-state index contributed by atoms with van der Waals surface area (Å²) >= 11 is 0. The predicted molar refractivity (Wildman–Crippen MR) is 114 cm³/mol. The van der Waals surface area contributed by atoms with Crippen molar-refractivity contribution in [2.75, 3.05) is 6.54 Å². The molecule has 2 aliphatic rings. The van der Waals surface area contributed by atoms with Crippen LogP contribution in [-0.4, -0.2) is 51.4 Å². The molecule has 9 heteroatoms. The highest BCUT2D eigenvalue weighted by atomic mass is 32.2. The summed E-state index contributed by atoms with van der Waals surface area (Å²) in [5.41, 5.74) is 0.799. The number of nitrogens with zero attached hydrogens (tertiary/aromatic N) is 4. The fraction of sp³-hybridized carbons (Fsp3) is 0.545. The largest absolute Gasteiger partial charge is 0.331 e. The molecule has 7 nitrogen and oxygen atoms in total. The Morgan fingerprint density at radius 1 is 1.23 bits per heavy atom. The van der Waals surface area contributed by atoms with Gasteiger partial charge in [-0.1, -0.05) is 18.6 Å². The second kappa shape index (κ2) is 8.02. The normalized spacial score (nSPS) is 25.4. The Kier molecular flexibility index (Phi) is 5.68. The first-order chi connectivity index (χ1) is 14.6. The molecule has 0 unspecified atom stereocenters. The molecule has 2 saturated heterocycles. The molecule has 0 aliphatic carbocycles. The molecule has 2 atom stereocenters. The Labute approximate surface area is 182 Å². The van der Waals surface area contributed by atoms with E-state index in [1.165, 1.54) is 18.3 Å². The van der Waals surface area contributed by atoms with E-state index in [0.29, 0.717) is 38.0 Å². The molecule has 2 fully saturated rings. The summed E-state index contributed by atoms with van der Waals surface area (Å²) in [6, 6.07) is 5.83. The van der Waals surface area contributed by atoms with Gasteiger partial charge in [-0.05, 0) is 50.8 Å². The van der Waals surface area contributed by atoms with Crippen LogP contribution in [0.25, 0.3) is 0 Å². The highest BCUT2D eigenvalue weighted by Gasteiger charge is 2.53. The molecule has 1 aromatic carbocycles. The van der Waals surface area contributed by atoms with Crippen LogP contribution in [0.1, 0.15) is 50.3 Å². The number of carbonyl (C=O) groups excluding carboxylic acids is 1. The Morgan fingerprint density at radius 3 is 2.58 bits per heavy atom. The van der Waals surface area contributed by atoms with Crippen LogP contribution in [0.4, 0.5) is 4.39 Å². The lowest BCUT2D eigenvalue weighted by Gasteiger charge is -2.45. The highest BCUT2D eigenvalue weighted by molar-refractivity contribution is 7.89. The van der Waals surface area contributed by atoms with Crippen molar-refractivity contribution < 1.29 is 17.6 Å². The van der Waals surface area contributed by atoms with Crippen molar-refractivity contribution >= 4 is 15.9 Å². The minimum atomic E-state index is -3.74. The van der Waals surface area contributed by atoms with Gasteiger partial charge in [0.25, 0.3) is 0 Å². The van der Waals surface area contributed by atoms with Gasteiger partial charge < -0.3 is 4.90 Å². The van der Waals surface area contributed by atoms with Gasteiger partial charge in [0.05, 0.1) is 17.4 Å². The zero-order chi connectivity index (χ0) is 22.4. The zero-order valence-corrected chi connectivity index (χ0v) is 19.0. The Balaban J connectivity index is 1.71. The van der Waals surface area contributed by atoms with E-state index in [1.807, 2.05) is 11.8 Å². The molecule has 168 valence electrons. The molecule has 3 heterocycles. The zero-order valence-electron chi connectivity index (χ0n) is 18.2. The SMILES string of the molecule is Cc1c(S(=O)(=O)N2CC[C@]3(C)[C@H]2CCCCC(=O)N3Cc2ccc(F)cc2)cnn1C. The lowest BCUT2D eigenvalue weighted by Crippen LogP contribution is -2.58. The molecule has 0 bridgehead atoms. The monoisotopic (exact) mass is 448 g/mol. The van der Waals surface area contributed by atoms with E-state index in [4.69, 9.17) is 0 Å². The molecule has 0 spiro atoms. The summed E-state index contributed by atoms with van der Waals surface area (Å²) in [6.45, 7) is 4.44. The topological polar surface area (TPSA) is 75.5 Å². The summed E-state index contributed by atoms with van der Waals surface area (Å²) in [7, 11) is -2.02. The van der Waals surface area contributed by atoms with Crippen LogP contribution in [0.15, 0.2) is 35.4 Å².